The molecule has 0 radical (unpaired) electrons. The molecule has 1 aliphatic heterocycles. The van der Waals surface area contributed by atoms with Gasteiger partial charge in [0.25, 0.3) is 5.91 Å². The standard InChI is InChI=1S/C23H24N4O/c1-16-9-11-18(12-10-16)15-24-23-25-17(2)14-20(26-23)22(28)27-13-5-7-19-6-3-4-8-21(19)27/h3-4,6,8-12,14H,5,7,13,15H2,1-2H3,(H,24,25,26). The Morgan fingerprint density at radius 3 is 2.68 bits per heavy atom. The highest BCUT2D eigenvalue weighted by Crippen LogP contribution is 2.28. The Morgan fingerprint density at radius 1 is 1.07 bits per heavy atom. The molecule has 1 amide bonds. The van der Waals surface area contributed by atoms with E-state index in [1.165, 1.54) is 11.1 Å². The highest BCUT2D eigenvalue weighted by molar-refractivity contribution is 6.05. The molecule has 0 atom stereocenters. The fraction of sp³-hybridized carbons (Fsp3) is 0.261. The van der Waals surface area contributed by atoms with Gasteiger partial charge in [-0.3, -0.25) is 4.79 Å². The van der Waals surface area contributed by atoms with Crippen molar-refractivity contribution < 1.29 is 4.79 Å². The lowest BCUT2D eigenvalue weighted by molar-refractivity contribution is 0.0980. The number of amides is 1. The summed E-state index contributed by atoms with van der Waals surface area (Å²) in [5.74, 6) is 0.408. The summed E-state index contributed by atoms with van der Waals surface area (Å²) < 4.78 is 0. The summed E-state index contributed by atoms with van der Waals surface area (Å²) in [6.07, 6.45) is 1.97. The van der Waals surface area contributed by atoms with Crippen molar-refractivity contribution in [2.45, 2.75) is 33.2 Å². The molecule has 0 saturated carbocycles. The SMILES string of the molecule is Cc1ccc(CNc2nc(C)cc(C(=O)N3CCCc4ccccc43)n2)cc1. The molecule has 1 aromatic heterocycles. The number of nitrogens with zero attached hydrogens (tertiary/aromatic N) is 3. The summed E-state index contributed by atoms with van der Waals surface area (Å²) in [6, 6.07) is 18.2. The average Bonchev–Trinajstić information content (AvgIpc) is 2.72. The van der Waals surface area contributed by atoms with Crippen molar-refractivity contribution in [3.05, 3.63) is 82.7 Å². The zero-order valence-corrected chi connectivity index (χ0v) is 16.3. The van der Waals surface area contributed by atoms with Crippen LogP contribution in [0.5, 0.6) is 0 Å². The van der Waals surface area contributed by atoms with Crippen LogP contribution in [0.15, 0.2) is 54.6 Å². The van der Waals surface area contributed by atoms with Crippen molar-refractivity contribution in [3.63, 3.8) is 0 Å². The topological polar surface area (TPSA) is 58.1 Å². The first-order chi connectivity index (χ1) is 13.6. The maximum Gasteiger partial charge on any atom is 0.277 e. The summed E-state index contributed by atoms with van der Waals surface area (Å²) >= 11 is 0. The van der Waals surface area contributed by atoms with Gasteiger partial charge in [0.2, 0.25) is 5.95 Å². The van der Waals surface area contributed by atoms with Gasteiger partial charge < -0.3 is 10.2 Å². The van der Waals surface area contributed by atoms with Gasteiger partial charge in [0, 0.05) is 24.5 Å². The molecule has 142 valence electrons. The molecule has 0 unspecified atom stereocenters. The molecule has 4 rings (SSSR count). The number of aryl methyl sites for hydroxylation is 3. The van der Waals surface area contributed by atoms with Crippen molar-refractivity contribution in [2.75, 3.05) is 16.8 Å². The third-order valence-electron chi connectivity index (χ3n) is 5.00. The molecule has 0 aliphatic carbocycles. The van der Waals surface area contributed by atoms with Gasteiger partial charge in [-0.05, 0) is 49.9 Å². The van der Waals surface area contributed by atoms with Crippen molar-refractivity contribution in [2.24, 2.45) is 0 Å². The Labute approximate surface area is 165 Å². The van der Waals surface area contributed by atoms with Crippen LogP contribution in [-0.2, 0) is 13.0 Å². The molecule has 1 N–H and O–H groups in total. The molecular weight excluding hydrogens is 348 g/mol. The zero-order chi connectivity index (χ0) is 19.5. The van der Waals surface area contributed by atoms with Gasteiger partial charge in [-0.2, -0.15) is 0 Å². The minimum absolute atomic E-state index is 0.0731. The number of hydrogen-bond donors (Lipinski definition) is 1. The second kappa shape index (κ2) is 7.80. The smallest absolute Gasteiger partial charge is 0.277 e. The van der Waals surface area contributed by atoms with Crippen molar-refractivity contribution >= 4 is 17.5 Å². The third kappa shape index (κ3) is 3.88. The largest absolute Gasteiger partial charge is 0.350 e. The number of nitrogens with one attached hydrogen (secondary N) is 1. The van der Waals surface area contributed by atoms with Crippen LogP contribution in [0.3, 0.4) is 0 Å². The third-order valence-corrected chi connectivity index (χ3v) is 5.00. The molecule has 28 heavy (non-hydrogen) atoms. The summed E-state index contributed by atoms with van der Waals surface area (Å²) in [4.78, 5) is 24.0. The number of carbonyl (C=O) groups is 1. The highest BCUT2D eigenvalue weighted by atomic mass is 16.2. The minimum atomic E-state index is -0.0731. The van der Waals surface area contributed by atoms with Crippen LogP contribution >= 0.6 is 0 Å². The van der Waals surface area contributed by atoms with E-state index in [-0.39, 0.29) is 5.91 Å². The highest BCUT2D eigenvalue weighted by Gasteiger charge is 2.24. The molecule has 0 fully saturated rings. The molecule has 3 aromatic rings. The summed E-state index contributed by atoms with van der Waals surface area (Å²) in [5, 5.41) is 3.25. The van der Waals surface area contributed by atoms with Crippen LogP contribution in [0.1, 0.15) is 39.3 Å². The lowest BCUT2D eigenvalue weighted by Gasteiger charge is -2.29. The lowest BCUT2D eigenvalue weighted by atomic mass is 10.0. The Bertz CT molecular complexity index is 998. The second-order valence-electron chi connectivity index (χ2n) is 7.25. The quantitative estimate of drug-likeness (QED) is 0.742. The Kier molecular flexibility index (Phi) is 5.06. The number of carbonyl (C=O) groups excluding carboxylic acids is 1. The van der Waals surface area contributed by atoms with Crippen molar-refractivity contribution in [3.8, 4) is 0 Å². The number of fused-ring (bicyclic) bond motifs is 1. The van der Waals surface area contributed by atoms with Crippen LogP contribution in [0.2, 0.25) is 0 Å². The predicted molar refractivity (Wildman–Crippen MR) is 112 cm³/mol. The average molecular weight is 372 g/mol. The van der Waals surface area contributed by atoms with Gasteiger partial charge >= 0.3 is 0 Å². The van der Waals surface area contributed by atoms with Crippen molar-refractivity contribution in [1.82, 2.24) is 9.97 Å². The Morgan fingerprint density at radius 2 is 1.86 bits per heavy atom. The van der Waals surface area contributed by atoms with E-state index >= 15 is 0 Å². The fourth-order valence-electron chi connectivity index (χ4n) is 3.53. The fourth-order valence-corrected chi connectivity index (χ4v) is 3.53. The molecule has 5 heteroatoms. The first-order valence-corrected chi connectivity index (χ1v) is 9.65. The zero-order valence-electron chi connectivity index (χ0n) is 16.3. The summed E-state index contributed by atoms with van der Waals surface area (Å²) in [5.41, 5.74) is 5.78. The van der Waals surface area contributed by atoms with E-state index in [2.05, 4.69) is 52.5 Å². The number of rotatable bonds is 4. The molecule has 2 aromatic carbocycles. The normalized spacial score (nSPS) is 13.1. The molecule has 0 bridgehead atoms. The number of anilines is 2. The van der Waals surface area contributed by atoms with Gasteiger partial charge in [0.1, 0.15) is 5.69 Å². The second-order valence-corrected chi connectivity index (χ2v) is 7.25. The van der Waals surface area contributed by atoms with Crippen LogP contribution in [-0.4, -0.2) is 22.4 Å². The van der Waals surface area contributed by atoms with E-state index in [4.69, 9.17) is 0 Å². The summed E-state index contributed by atoms with van der Waals surface area (Å²) in [7, 11) is 0. The van der Waals surface area contributed by atoms with Gasteiger partial charge in [0.05, 0.1) is 0 Å². The Balaban J connectivity index is 1.55. The van der Waals surface area contributed by atoms with E-state index < -0.39 is 0 Å². The molecule has 0 spiro atoms. The van der Waals surface area contributed by atoms with Crippen LogP contribution in [0, 0.1) is 13.8 Å². The van der Waals surface area contributed by atoms with Gasteiger partial charge in [-0.25, -0.2) is 9.97 Å². The van der Waals surface area contributed by atoms with Gasteiger partial charge in [-0.1, -0.05) is 48.0 Å². The lowest BCUT2D eigenvalue weighted by Crippen LogP contribution is -2.36. The molecule has 5 nitrogen and oxygen atoms in total. The molecule has 0 saturated heterocycles. The maximum absolute atomic E-state index is 13.2. The van der Waals surface area contributed by atoms with Crippen LogP contribution in [0.25, 0.3) is 0 Å². The molecular formula is C23H24N4O. The first kappa shape index (κ1) is 18.2. The number of para-hydroxylation sites is 1. The van der Waals surface area contributed by atoms with E-state index in [0.717, 1.165) is 29.8 Å². The monoisotopic (exact) mass is 372 g/mol. The predicted octanol–water partition coefficient (Wildman–Crippen LogP) is 4.30. The number of benzene rings is 2. The molecule has 1 aliphatic rings. The van der Waals surface area contributed by atoms with E-state index in [9.17, 15) is 4.79 Å². The summed E-state index contributed by atoms with van der Waals surface area (Å²) in [6.45, 7) is 5.28. The van der Waals surface area contributed by atoms with Crippen LogP contribution < -0.4 is 10.2 Å². The maximum atomic E-state index is 13.2. The first-order valence-electron chi connectivity index (χ1n) is 9.65. The Hall–Kier alpha value is -3.21. The van der Waals surface area contributed by atoms with Crippen molar-refractivity contribution in [1.29, 1.82) is 0 Å². The van der Waals surface area contributed by atoms with Crippen LogP contribution in [0.4, 0.5) is 11.6 Å². The van der Waals surface area contributed by atoms with E-state index in [1.54, 1.807) is 6.07 Å². The molecule has 2 heterocycles. The van der Waals surface area contributed by atoms with Gasteiger partial charge in [0.15, 0.2) is 0 Å². The van der Waals surface area contributed by atoms with E-state index in [0.29, 0.717) is 24.7 Å². The minimum Gasteiger partial charge on any atom is -0.350 e. The number of aromatic nitrogens is 2. The number of hydrogen-bond acceptors (Lipinski definition) is 4. The van der Waals surface area contributed by atoms with E-state index in [1.807, 2.05) is 30.0 Å². The van der Waals surface area contributed by atoms with Gasteiger partial charge in [-0.15, -0.1) is 0 Å².